The van der Waals surface area contributed by atoms with Crippen LogP contribution in [0.5, 0.6) is 5.75 Å². The van der Waals surface area contributed by atoms with Crippen molar-refractivity contribution in [3.63, 3.8) is 0 Å². The molecule has 0 bridgehead atoms. The third-order valence-corrected chi connectivity index (χ3v) is 3.18. The van der Waals surface area contributed by atoms with Gasteiger partial charge < -0.3 is 10.1 Å². The summed E-state index contributed by atoms with van der Waals surface area (Å²) < 4.78 is 18.7. The third kappa shape index (κ3) is 2.19. The maximum Gasteiger partial charge on any atom is 0.167 e. The van der Waals surface area contributed by atoms with Crippen molar-refractivity contribution in [3.05, 3.63) is 29.1 Å². The van der Waals surface area contributed by atoms with E-state index in [1.165, 1.54) is 20.0 Å². The van der Waals surface area contributed by atoms with Crippen molar-refractivity contribution in [2.75, 3.05) is 13.7 Å². The van der Waals surface area contributed by atoms with Crippen LogP contribution in [0.4, 0.5) is 4.39 Å². The maximum atomic E-state index is 13.6. The number of nitrogens with one attached hydrogen (secondary N) is 1. The molecule has 0 aliphatic carbocycles. The topological polar surface area (TPSA) is 21.3 Å². The molecule has 88 valence electrons. The van der Waals surface area contributed by atoms with Gasteiger partial charge in [0, 0.05) is 6.04 Å². The first kappa shape index (κ1) is 11.4. The fourth-order valence-electron chi connectivity index (χ4n) is 2.25. The number of ether oxygens (including phenoxy) is 1. The maximum absolute atomic E-state index is 13.6. The highest BCUT2D eigenvalue weighted by Gasteiger charge is 2.17. The third-order valence-electron chi connectivity index (χ3n) is 3.18. The monoisotopic (exact) mass is 223 g/mol. The molecule has 1 aromatic rings. The number of methoxy groups -OCH3 is 1. The van der Waals surface area contributed by atoms with Crippen LogP contribution in [0.3, 0.4) is 0 Å². The van der Waals surface area contributed by atoms with E-state index in [-0.39, 0.29) is 5.82 Å². The van der Waals surface area contributed by atoms with Gasteiger partial charge in [0.1, 0.15) is 0 Å². The van der Waals surface area contributed by atoms with Gasteiger partial charge in [0.25, 0.3) is 0 Å². The summed E-state index contributed by atoms with van der Waals surface area (Å²) in [5.74, 6) is 0.101. The summed E-state index contributed by atoms with van der Waals surface area (Å²) in [5.41, 5.74) is 1.79. The Kier molecular flexibility index (Phi) is 3.44. The summed E-state index contributed by atoms with van der Waals surface area (Å²) in [7, 11) is 1.51. The minimum atomic E-state index is -0.248. The van der Waals surface area contributed by atoms with E-state index in [2.05, 4.69) is 5.32 Å². The van der Waals surface area contributed by atoms with E-state index in [4.69, 9.17) is 4.74 Å². The smallest absolute Gasteiger partial charge is 0.167 e. The lowest BCUT2D eigenvalue weighted by Crippen LogP contribution is -2.26. The highest BCUT2D eigenvalue weighted by atomic mass is 19.1. The zero-order valence-electron chi connectivity index (χ0n) is 9.85. The molecule has 1 aliphatic rings. The fraction of sp³-hybridized carbons (Fsp3) is 0.538. The van der Waals surface area contributed by atoms with Crippen LogP contribution in [0.2, 0.25) is 0 Å². The molecule has 3 heteroatoms. The van der Waals surface area contributed by atoms with Gasteiger partial charge in [-0.1, -0.05) is 12.5 Å². The second kappa shape index (κ2) is 4.83. The molecule has 16 heavy (non-hydrogen) atoms. The standard InChI is InChI=1S/C13H18FNO/c1-9-7-10(8-12(16-2)13(9)14)11-5-3-4-6-15-11/h7-8,11,15H,3-6H2,1-2H3. The average Bonchev–Trinajstić information content (AvgIpc) is 2.33. The van der Waals surface area contributed by atoms with Crippen LogP contribution in [0.1, 0.15) is 36.4 Å². The van der Waals surface area contributed by atoms with E-state index in [1.54, 1.807) is 6.92 Å². The Balaban J connectivity index is 2.29. The van der Waals surface area contributed by atoms with E-state index in [9.17, 15) is 4.39 Å². The van der Waals surface area contributed by atoms with Crippen molar-refractivity contribution in [1.29, 1.82) is 0 Å². The molecule has 1 N–H and O–H groups in total. The molecule has 1 saturated heterocycles. The first-order valence-electron chi connectivity index (χ1n) is 5.80. The van der Waals surface area contributed by atoms with Crippen LogP contribution in [-0.2, 0) is 0 Å². The molecule has 1 aromatic carbocycles. The molecule has 1 atom stereocenters. The SMILES string of the molecule is COc1cc(C2CCCCN2)cc(C)c1F. The number of piperidine rings is 1. The second-order valence-electron chi connectivity index (χ2n) is 4.36. The van der Waals surface area contributed by atoms with E-state index >= 15 is 0 Å². The average molecular weight is 223 g/mol. The van der Waals surface area contributed by atoms with Crippen LogP contribution in [0.15, 0.2) is 12.1 Å². The van der Waals surface area contributed by atoms with Crippen LogP contribution in [0, 0.1) is 12.7 Å². The molecule has 0 radical (unpaired) electrons. The lowest BCUT2D eigenvalue weighted by molar-refractivity contribution is 0.378. The molecule has 0 spiro atoms. The second-order valence-corrected chi connectivity index (χ2v) is 4.36. The van der Waals surface area contributed by atoms with Crippen molar-refractivity contribution >= 4 is 0 Å². The molecule has 1 heterocycles. The predicted molar refractivity (Wildman–Crippen MR) is 62.3 cm³/mol. The molecule has 0 aromatic heterocycles. The number of benzene rings is 1. The Morgan fingerprint density at radius 1 is 1.38 bits per heavy atom. The summed E-state index contributed by atoms with van der Waals surface area (Å²) in [6, 6.07) is 4.08. The summed E-state index contributed by atoms with van der Waals surface area (Å²) in [6.45, 7) is 2.83. The van der Waals surface area contributed by atoms with Gasteiger partial charge in [-0.2, -0.15) is 0 Å². The van der Waals surface area contributed by atoms with E-state index in [0.29, 0.717) is 17.4 Å². The van der Waals surface area contributed by atoms with Gasteiger partial charge in [0.15, 0.2) is 11.6 Å². The quantitative estimate of drug-likeness (QED) is 0.832. The summed E-state index contributed by atoms with van der Waals surface area (Å²) in [5, 5.41) is 3.46. The van der Waals surface area contributed by atoms with E-state index < -0.39 is 0 Å². The lowest BCUT2D eigenvalue weighted by Gasteiger charge is -2.24. The molecule has 1 unspecified atom stereocenters. The number of hydrogen-bond acceptors (Lipinski definition) is 2. The van der Waals surface area contributed by atoms with E-state index in [1.807, 2.05) is 12.1 Å². The largest absolute Gasteiger partial charge is 0.494 e. The minimum absolute atomic E-state index is 0.248. The van der Waals surface area contributed by atoms with Gasteiger partial charge in [0.2, 0.25) is 0 Å². The summed E-state index contributed by atoms with van der Waals surface area (Å²) in [4.78, 5) is 0. The van der Waals surface area contributed by atoms with Crippen molar-refractivity contribution in [2.45, 2.75) is 32.2 Å². The Morgan fingerprint density at radius 3 is 2.81 bits per heavy atom. The highest BCUT2D eigenvalue weighted by molar-refractivity contribution is 5.37. The van der Waals surface area contributed by atoms with Crippen molar-refractivity contribution in [1.82, 2.24) is 5.32 Å². The molecule has 1 fully saturated rings. The number of aryl methyl sites for hydroxylation is 1. The normalized spacial score (nSPS) is 20.8. The molecule has 0 amide bonds. The first-order chi connectivity index (χ1) is 7.72. The van der Waals surface area contributed by atoms with Crippen LogP contribution < -0.4 is 10.1 Å². The Labute approximate surface area is 95.8 Å². The Hall–Kier alpha value is -1.09. The van der Waals surface area contributed by atoms with Gasteiger partial charge in [-0.05, 0) is 43.5 Å². The van der Waals surface area contributed by atoms with Gasteiger partial charge in [0.05, 0.1) is 7.11 Å². The lowest BCUT2D eigenvalue weighted by atomic mass is 9.96. The molecule has 2 rings (SSSR count). The van der Waals surface area contributed by atoms with Crippen LogP contribution >= 0.6 is 0 Å². The highest BCUT2D eigenvalue weighted by Crippen LogP contribution is 2.29. The van der Waals surface area contributed by atoms with Gasteiger partial charge in [-0.25, -0.2) is 4.39 Å². The van der Waals surface area contributed by atoms with Crippen molar-refractivity contribution < 1.29 is 9.13 Å². The van der Waals surface area contributed by atoms with Crippen LogP contribution in [0.25, 0.3) is 0 Å². The van der Waals surface area contributed by atoms with Gasteiger partial charge >= 0.3 is 0 Å². The van der Waals surface area contributed by atoms with Gasteiger partial charge in [-0.3, -0.25) is 0 Å². The first-order valence-corrected chi connectivity index (χ1v) is 5.80. The molecular formula is C13H18FNO. The van der Waals surface area contributed by atoms with Crippen LogP contribution in [-0.4, -0.2) is 13.7 Å². The Morgan fingerprint density at radius 2 is 2.19 bits per heavy atom. The fourth-order valence-corrected chi connectivity index (χ4v) is 2.25. The van der Waals surface area contributed by atoms with E-state index in [0.717, 1.165) is 18.5 Å². The minimum Gasteiger partial charge on any atom is -0.494 e. The number of rotatable bonds is 2. The van der Waals surface area contributed by atoms with Gasteiger partial charge in [-0.15, -0.1) is 0 Å². The van der Waals surface area contributed by atoms with Crippen molar-refractivity contribution in [3.8, 4) is 5.75 Å². The number of halogens is 1. The predicted octanol–water partition coefficient (Wildman–Crippen LogP) is 2.96. The zero-order valence-corrected chi connectivity index (χ0v) is 9.85. The molecule has 1 aliphatic heterocycles. The Bertz CT molecular complexity index is 372. The summed E-state index contributed by atoms with van der Waals surface area (Å²) in [6.07, 6.45) is 3.58. The zero-order chi connectivity index (χ0) is 11.5. The molecular weight excluding hydrogens is 205 g/mol. The summed E-state index contributed by atoms with van der Waals surface area (Å²) >= 11 is 0. The molecule has 0 saturated carbocycles. The number of hydrogen-bond donors (Lipinski definition) is 1. The molecule has 2 nitrogen and oxygen atoms in total. The van der Waals surface area contributed by atoms with Crippen molar-refractivity contribution in [2.24, 2.45) is 0 Å².